The van der Waals surface area contributed by atoms with Crippen molar-refractivity contribution in [3.05, 3.63) is 23.9 Å². The first-order valence-electron chi connectivity index (χ1n) is 6.07. The van der Waals surface area contributed by atoms with Crippen molar-refractivity contribution in [3.63, 3.8) is 0 Å². The number of hydrogen-bond donors (Lipinski definition) is 3. The average molecular weight is 250 g/mol. The standard InChI is InChI=1S/C12H18N4O2/c13-12(15-18)9-4-5-14-11(8-9)16(6-7-17)10-2-1-3-10/h4-5,8,10,17-18H,1-3,6-7H2,(H2,13,15). The molecule has 0 saturated heterocycles. The van der Waals surface area contributed by atoms with Crippen LogP contribution in [0.3, 0.4) is 0 Å². The highest BCUT2D eigenvalue weighted by Gasteiger charge is 2.25. The molecule has 2 rings (SSSR count). The van der Waals surface area contributed by atoms with Gasteiger partial charge in [-0.3, -0.25) is 0 Å². The number of aliphatic hydroxyl groups excluding tert-OH is 1. The number of pyridine rings is 1. The SMILES string of the molecule is N/C(=N/O)c1ccnc(N(CCO)C2CCC2)c1. The van der Waals surface area contributed by atoms with Crippen molar-refractivity contribution in [3.8, 4) is 0 Å². The van der Waals surface area contributed by atoms with E-state index in [0.717, 1.165) is 18.7 Å². The number of aromatic nitrogens is 1. The van der Waals surface area contributed by atoms with E-state index < -0.39 is 0 Å². The Balaban J connectivity index is 2.23. The van der Waals surface area contributed by atoms with E-state index in [9.17, 15) is 0 Å². The van der Waals surface area contributed by atoms with Crippen LogP contribution in [0.25, 0.3) is 0 Å². The topological polar surface area (TPSA) is 95.0 Å². The van der Waals surface area contributed by atoms with Crippen LogP contribution < -0.4 is 10.6 Å². The normalized spacial score (nSPS) is 16.4. The number of amidine groups is 1. The van der Waals surface area contributed by atoms with Gasteiger partial charge in [-0.05, 0) is 31.4 Å². The summed E-state index contributed by atoms with van der Waals surface area (Å²) in [5, 5.41) is 20.8. The van der Waals surface area contributed by atoms with Crippen molar-refractivity contribution in [1.82, 2.24) is 4.98 Å². The molecule has 0 aliphatic heterocycles. The first-order valence-corrected chi connectivity index (χ1v) is 6.07. The van der Waals surface area contributed by atoms with E-state index in [1.807, 2.05) is 0 Å². The Hall–Kier alpha value is -1.82. The molecule has 0 radical (unpaired) electrons. The fourth-order valence-corrected chi connectivity index (χ4v) is 2.08. The minimum atomic E-state index is 0.0659. The molecule has 0 atom stereocenters. The van der Waals surface area contributed by atoms with Crippen LogP contribution in [0.15, 0.2) is 23.5 Å². The Morgan fingerprint density at radius 3 is 2.89 bits per heavy atom. The Bertz CT molecular complexity index is 432. The lowest BCUT2D eigenvalue weighted by Crippen LogP contribution is -2.42. The number of oxime groups is 1. The van der Waals surface area contributed by atoms with Crippen LogP contribution in [0, 0.1) is 0 Å². The van der Waals surface area contributed by atoms with E-state index in [1.54, 1.807) is 18.3 Å². The van der Waals surface area contributed by atoms with Gasteiger partial charge in [0.1, 0.15) is 5.82 Å². The Morgan fingerprint density at radius 1 is 1.56 bits per heavy atom. The fraction of sp³-hybridized carbons (Fsp3) is 0.500. The first-order chi connectivity index (χ1) is 8.76. The van der Waals surface area contributed by atoms with Crippen LogP contribution in [-0.2, 0) is 0 Å². The maximum Gasteiger partial charge on any atom is 0.170 e. The Morgan fingerprint density at radius 2 is 2.33 bits per heavy atom. The number of hydrogen-bond acceptors (Lipinski definition) is 5. The molecule has 4 N–H and O–H groups in total. The van der Waals surface area contributed by atoms with Crippen LogP contribution in [0.1, 0.15) is 24.8 Å². The molecule has 0 bridgehead atoms. The summed E-state index contributed by atoms with van der Waals surface area (Å²) in [7, 11) is 0. The molecule has 18 heavy (non-hydrogen) atoms. The zero-order chi connectivity index (χ0) is 13.0. The Labute approximate surface area is 106 Å². The summed E-state index contributed by atoms with van der Waals surface area (Å²) in [6.07, 6.45) is 5.09. The molecular weight excluding hydrogens is 232 g/mol. The quantitative estimate of drug-likeness (QED) is 0.306. The minimum absolute atomic E-state index is 0.0659. The van der Waals surface area contributed by atoms with Gasteiger partial charge in [-0.15, -0.1) is 0 Å². The molecule has 6 nitrogen and oxygen atoms in total. The van der Waals surface area contributed by atoms with Crippen molar-refractivity contribution < 1.29 is 10.3 Å². The summed E-state index contributed by atoms with van der Waals surface area (Å²) in [5.74, 6) is 0.828. The molecule has 1 aliphatic rings. The molecule has 1 aromatic heterocycles. The fourth-order valence-electron chi connectivity index (χ4n) is 2.08. The molecule has 0 aromatic carbocycles. The predicted octanol–water partition coefficient (Wildman–Crippen LogP) is 0.527. The summed E-state index contributed by atoms with van der Waals surface area (Å²) in [5.41, 5.74) is 6.19. The number of anilines is 1. The van der Waals surface area contributed by atoms with E-state index in [1.165, 1.54) is 6.42 Å². The number of nitrogens with zero attached hydrogens (tertiary/aromatic N) is 3. The third-order valence-electron chi connectivity index (χ3n) is 3.30. The smallest absolute Gasteiger partial charge is 0.170 e. The molecule has 0 amide bonds. The van der Waals surface area contributed by atoms with E-state index >= 15 is 0 Å². The summed E-state index contributed by atoms with van der Waals surface area (Å²) in [4.78, 5) is 6.38. The average Bonchev–Trinajstić information content (AvgIpc) is 2.35. The molecule has 1 heterocycles. The zero-order valence-corrected chi connectivity index (χ0v) is 10.2. The highest BCUT2D eigenvalue weighted by molar-refractivity contribution is 5.97. The number of nitrogens with two attached hydrogens (primary N) is 1. The van der Waals surface area contributed by atoms with Gasteiger partial charge in [0.2, 0.25) is 0 Å². The lowest BCUT2D eigenvalue weighted by atomic mass is 9.91. The first kappa shape index (κ1) is 12.6. The van der Waals surface area contributed by atoms with Gasteiger partial charge in [0, 0.05) is 24.3 Å². The van der Waals surface area contributed by atoms with Gasteiger partial charge in [0.25, 0.3) is 0 Å². The van der Waals surface area contributed by atoms with E-state index in [-0.39, 0.29) is 12.4 Å². The van der Waals surface area contributed by atoms with E-state index in [2.05, 4.69) is 15.0 Å². The maximum atomic E-state index is 9.13. The molecule has 6 heteroatoms. The molecule has 1 aromatic rings. The second kappa shape index (κ2) is 5.68. The summed E-state index contributed by atoms with van der Waals surface area (Å²) in [6, 6.07) is 3.91. The molecule has 0 unspecified atom stereocenters. The minimum Gasteiger partial charge on any atom is -0.409 e. The van der Waals surface area contributed by atoms with Gasteiger partial charge >= 0.3 is 0 Å². The van der Waals surface area contributed by atoms with E-state index in [0.29, 0.717) is 18.2 Å². The Kier molecular flexibility index (Phi) is 3.99. The van der Waals surface area contributed by atoms with Crippen LogP contribution in [0.4, 0.5) is 5.82 Å². The van der Waals surface area contributed by atoms with Crippen molar-refractivity contribution in [2.75, 3.05) is 18.1 Å². The molecule has 1 saturated carbocycles. The van der Waals surface area contributed by atoms with Crippen molar-refractivity contribution in [2.45, 2.75) is 25.3 Å². The molecule has 1 fully saturated rings. The lowest BCUT2D eigenvalue weighted by Gasteiger charge is -2.38. The highest BCUT2D eigenvalue weighted by Crippen LogP contribution is 2.28. The van der Waals surface area contributed by atoms with E-state index in [4.69, 9.17) is 16.0 Å². The summed E-state index contributed by atoms with van der Waals surface area (Å²) >= 11 is 0. The van der Waals surface area contributed by atoms with Crippen LogP contribution in [0.5, 0.6) is 0 Å². The van der Waals surface area contributed by atoms with Crippen molar-refractivity contribution in [2.24, 2.45) is 10.9 Å². The number of rotatable bonds is 5. The molecule has 1 aliphatic carbocycles. The van der Waals surface area contributed by atoms with Gasteiger partial charge in [-0.2, -0.15) is 0 Å². The second-order valence-corrected chi connectivity index (χ2v) is 4.39. The van der Waals surface area contributed by atoms with Gasteiger partial charge in [-0.1, -0.05) is 5.16 Å². The maximum absolute atomic E-state index is 9.13. The zero-order valence-electron chi connectivity index (χ0n) is 10.2. The van der Waals surface area contributed by atoms with Gasteiger partial charge in [0.15, 0.2) is 5.84 Å². The lowest BCUT2D eigenvalue weighted by molar-refractivity contribution is 0.283. The van der Waals surface area contributed by atoms with Crippen LogP contribution in [-0.4, -0.2) is 40.3 Å². The van der Waals surface area contributed by atoms with Gasteiger partial charge in [0.05, 0.1) is 6.61 Å². The van der Waals surface area contributed by atoms with Crippen molar-refractivity contribution >= 4 is 11.7 Å². The van der Waals surface area contributed by atoms with Crippen LogP contribution in [0.2, 0.25) is 0 Å². The van der Waals surface area contributed by atoms with Gasteiger partial charge in [-0.25, -0.2) is 4.98 Å². The third kappa shape index (κ3) is 2.53. The predicted molar refractivity (Wildman–Crippen MR) is 68.8 cm³/mol. The summed E-state index contributed by atoms with van der Waals surface area (Å²) in [6.45, 7) is 0.642. The molecule has 0 spiro atoms. The highest BCUT2D eigenvalue weighted by atomic mass is 16.4. The third-order valence-corrected chi connectivity index (χ3v) is 3.30. The molecular formula is C12H18N4O2. The largest absolute Gasteiger partial charge is 0.409 e. The molecule has 98 valence electrons. The van der Waals surface area contributed by atoms with Crippen LogP contribution >= 0.6 is 0 Å². The number of aliphatic hydroxyl groups is 1. The van der Waals surface area contributed by atoms with Gasteiger partial charge < -0.3 is 20.9 Å². The second-order valence-electron chi connectivity index (χ2n) is 4.39. The monoisotopic (exact) mass is 250 g/mol. The summed E-state index contributed by atoms with van der Waals surface area (Å²) < 4.78 is 0. The van der Waals surface area contributed by atoms with Crippen molar-refractivity contribution in [1.29, 1.82) is 0 Å².